The standard InChI is InChI=1S/C23H23F2N3O3/c1-30-17-7-4-15(5-8-17)22-13-20(27-31-22)23(29)26-14-21(28-10-2-3-11-28)18-9-6-16(24)12-19(18)25/h4-9,12-13,21H,2-3,10-11,14H2,1H3,(H,26,29)/t21-/m0/s1. The maximum Gasteiger partial charge on any atom is 0.273 e. The number of ether oxygens (including phenoxy) is 1. The first-order chi connectivity index (χ1) is 15.0. The number of methoxy groups -OCH3 is 1. The Morgan fingerprint density at radius 1 is 1.16 bits per heavy atom. The lowest BCUT2D eigenvalue weighted by Crippen LogP contribution is -2.37. The van der Waals surface area contributed by atoms with Crippen molar-refractivity contribution in [3.63, 3.8) is 0 Å². The van der Waals surface area contributed by atoms with Gasteiger partial charge < -0.3 is 14.6 Å². The molecule has 1 aromatic heterocycles. The second-order valence-electron chi connectivity index (χ2n) is 7.44. The number of carbonyl (C=O) groups is 1. The Balaban J connectivity index is 1.47. The van der Waals surface area contributed by atoms with Gasteiger partial charge in [0, 0.05) is 29.8 Å². The van der Waals surface area contributed by atoms with Crippen LogP contribution in [0, 0.1) is 11.6 Å². The maximum atomic E-state index is 14.4. The molecular weight excluding hydrogens is 404 g/mol. The van der Waals surface area contributed by atoms with Crippen molar-refractivity contribution in [3.05, 3.63) is 71.4 Å². The predicted octanol–water partition coefficient (Wildman–Crippen LogP) is 4.20. The van der Waals surface area contributed by atoms with E-state index in [4.69, 9.17) is 9.26 Å². The van der Waals surface area contributed by atoms with Gasteiger partial charge in [-0.25, -0.2) is 8.78 Å². The van der Waals surface area contributed by atoms with Crippen LogP contribution in [0.25, 0.3) is 11.3 Å². The van der Waals surface area contributed by atoms with Crippen LogP contribution in [0.1, 0.15) is 34.9 Å². The summed E-state index contributed by atoms with van der Waals surface area (Å²) >= 11 is 0. The minimum absolute atomic E-state index is 0.130. The van der Waals surface area contributed by atoms with Crippen LogP contribution < -0.4 is 10.1 Å². The van der Waals surface area contributed by atoms with Gasteiger partial charge in [-0.05, 0) is 56.3 Å². The highest BCUT2D eigenvalue weighted by atomic mass is 19.1. The summed E-state index contributed by atoms with van der Waals surface area (Å²) in [5.74, 6) is -0.501. The third-order valence-corrected chi connectivity index (χ3v) is 5.48. The highest BCUT2D eigenvalue weighted by Gasteiger charge is 2.27. The van der Waals surface area contributed by atoms with Gasteiger partial charge in [0.25, 0.3) is 5.91 Å². The zero-order valence-corrected chi connectivity index (χ0v) is 17.1. The van der Waals surface area contributed by atoms with Gasteiger partial charge in [-0.15, -0.1) is 0 Å². The molecule has 0 radical (unpaired) electrons. The minimum atomic E-state index is -0.626. The van der Waals surface area contributed by atoms with Gasteiger partial charge in [0.1, 0.15) is 17.4 Å². The molecule has 3 aromatic rings. The molecule has 0 unspecified atom stereocenters. The molecular formula is C23H23F2N3O3. The van der Waals surface area contributed by atoms with Gasteiger partial charge in [0.15, 0.2) is 11.5 Å². The Hall–Kier alpha value is -3.26. The fourth-order valence-corrected chi connectivity index (χ4v) is 3.81. The van der Waals surface area contributed by atoms with Gasteiger partial charge in [-0.2, -0.15) is 0 Å². The van der Waals surface area contributed by atoms with Crippen molar-refractivity contribution in [2.24, 2.45) is 0 Å². The van der Waals surface area contributed by atoms with Gasteiger partial charge in [-0.1, -0.05) is 11.2 Å². The quantitative estimate of drug-likeness (QED) is 0.612. The average Bonchev–Trinajstić information content (AvgIpc) is 3.48. The van der Waals surface area contributed by atoms with E-state index in [1.165, 1.54) is 12.1 Å². The van der Waals surface area contributed by atoms with Crippen molar-refractivity contribution in [2.75, 3.05) is 26.7 Å². The number of hydrogen-bond acceptors (Lipinski definition) is 5. The van der Waals surface area contributed by atoms with Crippen LogP contribution in [0.4, 0.5) is 8.78 Å². The molecule has 2 aromatic carbocycles. The molecule has 1 amide bonds. The van der Waals surface area contributed by atoms with E-state index in [0.29, 0.717) is 17.1 Å². The van der Waals surface area contributed by atoms with Crippen LogP contribution in [0.3, 0.4) is 0 Å². The molecule has 1 fully saturated rings. The topological polar surface area (TPSA) is 67.6 Å². The summed E-state index contributed by atoms with van der Waals surface area (Å²) in [6.45, 7) is 1.76. The number of nitrogens with one attached hydrogen (secondary N) is 1. The first kappa shape index (κ1) is 21.0. The molecule has 1 aliphatic rings. The zero-order valence-electron chi connectivity index (χ0n) is 17.1. The number of likely N-dealkylation sites (tertiary alicyclic amines) is 1. The van der Waals surface area contributed by atoms with Gasteiger partial charge in [-0.3, -0.25) is 9.69 Å². The van der Waals surface area contributed by atoms with Crippen LogP contribution >= 0.6 is 0 Å². The van der Waals surface area contributed by atoms with Gasteiger partial charge >= 0.3 is 0 Å². The van der Waals surface area contributed by atoms with Crippen molar-refractivity contribution in [3.8, 4) is 17.1 Å². The van der Waals surface area contributed by atoms with Crippen molar-refractivity contribution < 1.29 is 22.8 Å². The molecule has 0 bridgehead atoms. The number of aromatic nitrogens is 1. The highest BCUT2D eigenvalue weighted by Crippen LogP contribution is 2.27. The predicted molar refractivity (Wildman–Crippen MR) is 111 cm³/mol. The zero-order chi connectivity index (χ0) is 21.8. The summed E-state index contributed by atoms with van der Waals surface area (Å²) in [6, 6.07) is 11.9. The van der Waals surface area contributed by atoms with Crippen LogP contribution in [-0.4, -0.2) is 42.7 Å². The van der Waals surface area contributed by atoms with E-state index in [0.717, 1.165) is 37.6 Å². The fraction of sp³-hybridized carbons (Fsp3) is 0.304. The summed E-state index contributed by atoms with van der Waals surface area (Å²) in [6.07, 6.45) is 2.00. The lowest BCUT2D eigenvalue weighted by atomic mass is 10.0. The number of halogens is 2. The van der Waals surface area contributed by atoms with Crippen molar-refractivity contribution in [2.45, 2.75) is 18.9 Å². The summed E-state index contributed by atoms with van der Waals surface area (Å²) in [5.41, 5.74) is 1.25. The van der Waals surface area contributed by atoms with Gasteiger partial charge in [0.05, 0.1) is 13.2 Å². The Bertz CT molecular complexity index is 1050. The molecule has 0 spiro atoms. The molecule has 0 aliphatic carbocycles. The summed E-state index contributed by atoms with van der Waals surface area (Å²) in [7, 11) is 1.58. The molecule has 4 rings (SSSR count). The Kier molecular flexibility index (Phi) is 6.27. The van der Waals surface area contributed by atoms with E-state index in [-0.39, 0.29) is 18.3 Å². The number of carbonyl (C=O) groups excluding carboxylic acids is 1. The van der Waals surface area contributed by atoms with Crippen LogP contribution in [0.5, 0.6) is 5.75 Å². The number of amides is 1. The smallest absolute Gasteiger partial charge is 0.273 e. The second kappa shape index (κ2) is 9.26. The van der Waals surface area contributed by atoms with E-state index >= 15 is 0 Å². The number of benzene rings is 2. The first-order valence-corrected chi connectivity index (χ1v) is 10.1. The molecule has 6 nitrogen and oxygen atoms in total. The fourth-order valence-electron chi connectivity index (χ4n) is 3.81. The summed E-state index contributed by atoms with van der Waals surface area (Å²) in [4.78, 5) is 14.8. The monoisotopic (exact) mass is 427 g/mol. The lowest BCUT2D eigenvalue weighted by Gasteiger charge is -2.28. The Labute approximate surface area is 178 Å². The van der Waals surface area contributed by atoms with Crippen LogP contribution in [-0.2, 0) is 0 Å². The first-order valence-electron chi connectivity index (χ1n) is 10.1. The third-order valence-electron chi connectivity index (χ3n) is 5.48. The molecule has 2 heterocycles. The third kappa shape index (κ3) is 4.74. The van der Waals surface area contributed by atoms with E-state index < -0.39 is 17.5 Å². The minimum Gasteiger partial charge on any atom is -0.497 e. The van der Waals surface area contributed by atoms with Crippen molar-refractivity contribution in [1.82, 2.24) is 15.4 Å². The van der Waals surface area contributed by atoms with Crippen LogP contribution in [0.2, 0.25) is 0 Å². The number of nitrogens with zero attached hydrogens (tertiary/aromatic N) is 2. The molecule has 162 valence electrons. The number of hydrogen-bond donors (Lipinski definition) is 1. The molecule has 8 heteroatoms. The average molecular weight is 427 g/mol. The van der Waals surface area contributed by atoms with Crippen LogP contribution in [0.15, 0.2) is 53.1 Å². The van der Waals surface area contributed by atoms with Crippen molar-refractivity contribution in [1.29, 1.82) is 0 Å². The molecule has 31 heavy (non-hydrogen) atoms. The summed E-state index contributed by atoms with van der Waals surface area (Å²) in [5, 5.41) is 6.67. The van der Waals surface area contributed by atoms with E-state index in [9.17, 15) is 13.6 Å². The summed E-state index contributed by atoms with van der Waals surface area (Å²) < 4.78 is 38.2. The molecule has 1 N–H and O–H groups in total. The molecule has 1 atom stereocenters. The van der Waals surface area contributed by atoms with Crippen molar-refractivity contribution >= 4 is 5.91 Å². The largest absolute Gasteiger partial charge is 0.497 e. The Morgan fingerprint density at radius 2 is 1.90 bits per heavy atom. The molecule has 1 saturated heterocycles. The van der Waals surface area contributed by atoms with E-state index in [2.05, 4.69) is 15.4 Å². The second-order valence-corrected chi connectivity index (χ2v) is 7.44. The maximum absolute atomic E-state index is 14.4. The molecule has 0 saturated carbocycles. The highest BCUT2D eigenvalue weighted by molar-refractivity contribution is 5.93. The number of rotatable bonds is 7. The normalized spacial score (nSPS) is 15.1. The lowest BCUT2D eigenvalue weighted by molar-refractivity contribution is 0.0928. The Morgan fingerprint density at radius 3 is 2.58 bits per heavy atom. The van der Waals surface area contributed by atoms with E-state index in [1.807, 2.05) is 12.1 Å². The molecule has 1 aliphatic heterocycles. The van der Waals surface area contributed by atoms with E-state index in [1.54, 1.807) is 25.3 Å². The SMILES string of the molecule is COc1ccc(-c2cc(C(=O)NC[C@@H](c3ccc(F)cc3F)N3CCCC3)no2)cc1. The van der Waals surface area contributed by atoms with Gasteiger partial charge in [0.2, 0.25) is 0 Å².